The Kier molecular flexibility index (Phi) is 5.17. The van der Waals surface area contributed by atoms with Gasteiger partial charge in [0.05, 0.1) is 23.0 Å². The number of rotatable bonds is 6. The maximum absolute atomic E-state index is 5.93. The molecule has 1 aromatic heterocycles. The van der Waals surface area contributed by atoms with E-state index in [2.05, 4.69) is 31.4 Å². The Hall–Kier alpha value is -0.430. The predicted octanol–water partition coefficient (Wildman–Crippen LogP) is 1.85. The first-order chi connectivity index (χ1) is 8.76. The Labute approximate surface area is 116 Å². The van der Waals surface area contributed by atoms with Gasteiger partial charge >= 0.3 is 0 Å². The lowest BCUT2D eigenvalue weighted by Gasteiger charge is -2.37. The second kappa shape index (κ2) is 6.65. The monoisotopic (exact) mass is 317 g/mol. The van der Waals surface area contributed by atoms with Crippen molar-refractivity contribution in [3.63, 3.8) is 0 Å². The molecule has 1 saturated heterocycles. The molecule has 102 valence electrons. The molecular formula is C12H20BrN3O2. The molecule has 18 heavy (non-hydrogen) atoms. The Bertz CT molecular complexity index is 358. The Morgan fingerprint density at radius 2 is 2.50 bits per heavy atom. The van der Waals surface area contributed by atoms with Crippen LogP contribution in [0.5, 0.6) is 0 Å². The zero-order valence-corrected chi connectivity index (χ0v) is 12.3. The minimum Gasteiger partial charge on any atom is -0.382 e. The number of aromatic amines is 1. The molecule has 0 radical (unpaired) electrons. The van der Waals surface area contributed by atoms with E-state index in [1.807, 2.05) is 0 Å². The van der Waals surface area contributed by atoms with Crippen LogP contribution < -0.4 is 5.32 Å². The van der Waals surface area contributed by atoms with E-state index in [0.29, 0.717) is 6.61 Å². The summed E-state index contributed by atoms with van der Waals surface area (Å²) in [5.41, 5.74) is 0.887. The highest BCUT2D eigenvalue weighted by Crippen LogP contribution is 2.25. The number of aromatic nitrogens is 2. The highest BCUT2D eigenvalue weighted by molar-refractivity contribution is 9.10. The van der Waals surface area contributed by atoms with E-state index in [4.69, 9.17) is 9.47 Å². The van der Waals surface area contributed by atoms with Gasteiger partial charge in [-0.15, -0.1) is 0 Å². The highest BCUT2D eigenvalue weighted by atomic mass is 79.9. The minimum absolute atomic E-state index is 0.167. The van der Waals surface area contributed by atoms with Gasteiger partial charge in [0.15, 0.2) is 0 Å². The number of nitrogens with zero attached hydrogens (tertiary/aromatic N) is 1. The number of hydrogen-bond acceptors (Lipinski definition) is 4. The van der Waals surface area contributed by atoms with Crippen molar-refractivity contribution in [1.82, 2.24) is 15.5 Å². The van der Waals surface area contributed by atoms with Crippen LogP contribution in [-0.2, 0) is 16.0 Å². The van der Waals surface area contributed by atoms with Gasteiger partial charge < -0.3 is 14.8 Å². The summed E-state index contributed by atoms with van der Waals surface area (Å²) in [6, 6.07) is 0. The van der Waals surface area contributed by atoms with Crippen molar-refractivity contribution in [3.8, 4) is 0 Å². The van der Waals surface area contributed by atoms with Gasteiger partial charge in [0.2, 0.25) is 0 Å². The third kappa shape index (κ3) is 3.54. The number of ether oxygens (including phenoxy) is 2. The molecule has 2 N–H and O–H groups in total. The lowest BCUT2D eigenvalue weighted by molar-refractivity contribution is -0.113. The molecule has 5 nitrogen and oxygen atoms in total. The first kappa shape index (κ1) is 14.0. The van der Waals surface area contributed by atoms with Crippen molar-refractivity contribution < 1.29 is 9.47 Å². The van der Waals surface area contributed by atoms with Gasteiger partial charge in [-0.25, -0.2) is 0 Å². The van der Waals surface area contributed by atoms with Gasteiger partial charge in [-0.2, -0.15) is 5.10 Å². The number of H-pyrrole nitrogens is 1. The largest absolute Gasteiger partial charge is 0.382 e. The zero-order valence-electron chi connectivity index (χ0n) is 10.7. The van der Waals surface area contributed by atoms with Crippen LogP contribution in [0.2, 0.25) is 0 Å². The molecule has 1 fully saturated rings. The van der Waals surface area contributed by atoms with E-state index in [9.17, 15) is 0 Å². The summed E-state index contributed by atoms with van der Waals surface area (Å²) in [4.78, 5) is 0. The van der Waals surface area contributed by atoms with Crippen molar-refractivity contribution in [3.05, 3.63) is 16.4 Å². The highest BCUT2D eigenvalue weighted by Gasteiger charge is 2.32. The quantitative estimate of drug-likeness (QED) is 0.840. The molecule has 1 aromatic rings. The topological polar surface area (TPSA) is 59.2 Å². The standard InChI is InChI=1S/C12H20BrN3O2/c1-17-9-12(4-2-3-5-18-12)8-14-7-11-10(13)6-15-16-11/h6,14H,2-5,7-9H2,1H3,(H,15,16). The summed E-state index contributed by atoms with van der Waals surface area (Å²) in [7, 11) is 1.73. The average molecular weight is 318 g/mol. The fraction of sp³-hybridized carbons (Fsp3) is 0.750. The van der Waals surface area contributed by atoms with Gasteiger partial charge in [-0.05, 0) is 35.2 Å². The third-order valence-corrected chi connectivity index (χ3v) is 3.94. The van der Waals surface area contributed by atoms with Crippen LogP contribution >= 0.6 is 15.9 Å². The summed E-state index contributed by atoms with van der Waals surface area (Å²) in [5.74, 6) is 0. The molecule has 2 heterocycles. The van der Waals surface area contributed by atoms with E-state index in [-0.39, 0.29) is 5.60 Å². The molecule has 0 spiro atoms. The molecule has 0 aliphatic carbocycles. The summed E-state index contributed by atoms with van der Waals surface area (Å²) < 4.78 is 12.2. The fourth-order valence-corrected chi connectivity index (χ4v) is 2.65. The van der Waals surface area contributed by atoms with Gasteiger partial charge in [0.1, 0.15) is 5.60 Å². The van der Waals surface area contributed by atoms with Crippen LogP contribution in [0.4, 0.5) is 0 Å². The van der Waals surface area contributed by atoms with Crippen molar-refractivity contribution in [2.45, 2.75) is 31.4 Å². The maximum Gasteiger partial charge on any atom is 0.104 e. The summed E-state index contributed by atoms with van der Waals surface area (Å²) in [6.45, 7) is 3.02. The molecule has 2 rings (SSSR count). The molecule has 0 amide bonds. The molecule has 0 aromatic carbocycles. The molecule has 0 bridgehead atoms. The Morgan fingerprint density at radius 3 is 3.11 bits per heavy atom. The predicted molar refractivity (Wildman–Crippen MR) is 72.4 cm³/mol. The normalized spacial score (nSPS) is 24.3. The molecule has 1 aliphatic heterocycles. The van der Waals surface area contributed by atoms with Crippen LogP contribution in [0, 0.1) is 0 Å². The number of nitrogens with one attached hydrogen (secondary N) is 2. The molecular weight excluding hydrogens is 298 g/mol. The smallest absolute Gasteiger partial charge is 0.104 e. The van der Waals surface area contributed by atoms with E-state index in [1.54, 1.807) is 13.3 Å². The van der Waals surface area contributed by atoms with Crippen molar-refractivity contribution in [2.24, 2.45) is 0 Å². The summed E-state index contributed by atoms with van der Waals surface area (Å²) >= 11 is 3.45. The van der Waals surface area contributed by atoms with E-state index >= 15 is 0 Å². The van der Waals surface area contributed by atoms with Crippen LogP contribution in [0.25, 0.3) is 0 Å². The molecule has 1 unspecified atom stereocenters. The number of halogens is 1. The van der Waals surface area contributed by atoms with Crippen LogP contribution in [0.3, 0.4) is 0 Å². The van der Waals surface area contributed by atoms with Gasteiger partial charge in [0.25, 0.3) is 0 Å². The minimum atomic E-state index is -0.167. The van der Waals surface area contributed by atoms with E-state index in [0.717, 1.165) is 42.7 Å². The summed E-state index contributed by atoms with van der Waals surface area (Å²) in [5, 5.41) is 10.3. The first-order valence-corrected chi connectivity index (χ1v) is 7.06. The summed E-state index contributed by atoms with van der Waals surface area (Å²) in [6.07, 6.45) is 5.17. The molecule has 6 heteroatoms. The van der Waals surface area contributed by atoms with Crippen LogP contribution in [-0.4, -0.2) is 42.7 Å². The van der Waals surface area contributed by atoms with Crippen molar-refractivity contribution >= 4 is 15.9 Å². The Morgan fingerprint density at radius 1 is 1.61 bits per heavy atom. The van der Waals surface area contributed by atoms with Gasteiger partial charge in [0, 0.05) is 26.8 Å². The SMILES string of the molecule is COCC1(CNCc2[nH]ncc2Br)CCCCO1. The van der Waals surface area contributed by atoms with Crippen LogP contribution in [0.15, 0.2) is 10.7 Å². The van der Waals surface area contributed by atoms with Crippen LogP contribution in [0.1, 0.15) is 25.0 Å². The van der Waals surface area contributed by atoms with Gasteiger partial charge in [-0.1, -0.05) is 0 Å². The first-order valence-electron chi connectivity index (χ1n) is 6.27. The second-order valence-electron chi connectivity index (χ2n) is 4.72. The molecule has 0 saturated carbocycles. The fourth-order valence-electron chi connectivity index (χ4n) is 2.31. The zero-order chi connectivity index (χ0) is 12.8. The Balaban J connectivity index is 1.84. The number of methoxy groups -OCH3 is 1. The van der Waals surface area contributed by atoms with E-state index in [1.165, 1.54) is 6.42 Å². The third-order valence-electron chi connectivity index (χ3n) is 3.26. The molecule has 1 atom stereocenters. The second-order valence-corrected chi connectivity index (χ2v) is 5.58. The van der Waals surface area contributed by atoms with E-state index < -0.39 is 0 Å². The lowest BCUT2D eigenvalue weighted by atomic mass is 9.94. The average Bonchev–Trinajstić information content (AvgIpc) is 2.77. The van der Waals surface area contributed by atoms with Crippen molar-refractivity contribution in [2.75, 3.05) is 26.9 Å². The van der Waals surface area contributed by atoms with Gasteiger partial charge in [-0.3, -0.25) is 5.10 Å². The van der Waals surface area contributed by atoms with Crippen molar-refractivity contribution in [1.29, 1.82) is 0 Å². The maximum atomic E-state index is 5.93. The number of hydrogen-bond donors (Lipinski definition) is 2. The lowest BCUT2D eigenvalue weighted by Crippen LogP contribution is -2.48. The molecule has 1 aliphatic rings.